The Kier molecular flexibility index (Phi) is 11.1. The highest BCUT2D eigenvalue weighted by Gasteiger charge is 2.26. The van der Waals surface area contributed by atoms with E-state index in [0.29, 0.717) is 26.1 Å². The highest BCUT2D eigenvalue weighted by atomic mass is 127. The first-order valence-electron chi connectivity index (χ1n) is 7.86. The van der Waals surface area contributed by atoms with Crippen LogP contribution >= 0.6 is 24.0 Å². The van der Waals surface area contributed by atoms with Crippen LogP contribution in [0.1, 0.15) is 39.0 Å². The number of aliphatic imine (C=N–C) groups is 1. The summed E-state index contributed by atoms with van der Waals surface area (Å²) in [7, 11) is 0. The van der Waals surface area contributed by atoms with Gasteiger partial charge in [-0.05, 0) is 32.6 Å². The second kappa shape index (κ2) is 11.6. The third-order valence-corrected chi connectivity index (χ3v) is 3.52. The van der Waals surface area contributed by atoms with Crippen molar-refractivity contribution in [2.75, 3.05) is 26.2 Å². The number of nitrogens with zero attached hydrogens (tertiary/aromatic N) is 2. The molecule has 1 amide bonds. The lowest BCUT2D eigenvalue weighted by atomic mass is 10.1. The Balaban J connectivity index is 0.00000529. The summed E-state index contributed by atoms with van der Waals surface area (Å²) in [5, 5.41) is 3.04. The molecule has 6 nitrogen and oxygen atoms in total. The van der Waals surface area contributed by atoms with Crippen LogP contribution in [-0.4, -0.2) is 55.4 Å². The molecule has 0 spiro atoms. The molecule has 10 heteroatoms. The van der Waals surface area contributed by atoms with Crippen LogP contribution in [0.3, 0.4) is 0 Å². The number of nitrogens with two attached hydrogens (primary N) is 1. The number of alkyl halides is 3. The fourth-order valence-corrected chi connectivity index (χ4v) is 2.31. The Bertz CT molecular complexity index is 400. The number of ether oxygens (including phenoxy) is 1. The lowest BCUT2D eigenvalue weighted by Crippen LogP contribution is -2.48. The normalized spacial score (nSPS) is 16.5. The monoisotopic (exact) mass is 466 g/mol. The number of likely N-dealkylation sites (tertiary alicyclic amines) is 1. The fourth-order valence-electron chi connectivity index (χ4n) is 2.31. The van der Waals surface area contributed by atoms with Gasteiger partial charge in [0.2, 0.25) is 0 Å². The highest BCUT2D eigenvalue weighted by molar-refractivity contribution is 14.0. The Morgan fingerprint density at radius 2 is 1.96 bits per heavy atom. The Labute approximate surface area is 157 Å². The van der Waals surface area contributed by atoms with Crippen molar-refractivity contribution in [1.29, 1.82) is 0 Å². The van der Waals surface area contributed by atoms with Gasteiger partial charge >= 0.3 is 12.3 Å². The van der Waals surface area contributed by atoms with Gasteiger partial charge in [-0.25, -0.2) is 4.79 Å². The molecule has 0 radical (unpaired) electrons. The van der Waals surface area contributed by atoms with E-state index in [1.807, 2.05) is 0 Å². The summed E-state index contributed by atoms with van der Waals surface area (Å²) in [5.74, 6) is 0.242. The van der Waals surface area contributed by atoms with Crippen LogP contribution in [0, 0.1) is 0 Å². The minimum absolute atomic E-state index is 0. The van der Waals surface area contributed by atoms with Gasteiger partial charge in [0.1, 0.15) is 0 Å². The van der Waals surface area contributed by atoms with Crippen LogP contribution in [-0.2, 0) is 4.74 Å². The average molecular weight is 466 g/mol. The van der Waals surface area contributed by atoms with Gasteiger partial charge in [-0.1, -0.05) is 0 Å². The number of rotatable bonds is 6. The molecule has 1 rings (SSSR count). The van der Waals surface area contributed by atoms with Crippen LogP contribution in [0.15, 0.2) is 4.99 Å². The first-order chi connectivity index (χ1) is 10.8. The molecule has 0 aromatic carbocycles. The summed E-state index contributed by atoms with van der Waals surface area (Å²) >= 11 is 0. The van der Waals surface area contributed by atoms with Gasteiger partial charge in [0.05, 0.1) is 6.61 Å². The molecular weight excluding hydrogens is 440 g/mol. The quantitative estimate of drug-likeness (QED) is 0.273. The summed E-state index contributed by atoms with van der Waals surface area (Å²) < 4.78 is 40.9. The van der Waals surface area contributed by atoms with E-state index < -0.39 is 12.6 Å². The van der Waals surface area contributed by atoms with E-state index in [0.717, 1.165) is 12.8 Å². The first kappa shape index (κ1) is 23.1. The maximum atomic E-state index is 12.0. The van der Waals surface area contributed by atoms with Crippen molar-refractivity contribution in [2.24, 2.45) is 10.7 Å². The molecule has 0 aromatic rings. The number of piperidine rings is 1. The molecule has 1 aliphatic heterocycles. The Morgan fingerprint density at radius 3 is 2.50 bits per heavy atom. The summed E-state index contributed by atoms with van der Waals surface area (Å²) in [6, 6.07) is 0.111. The first-order valence-corrected chi connectivity index (χ1v) is 7.86. The van der Waals surface area contributed by atoms with Gasteiger partial charge in [-0.2, -0.15) is 13.2 Å². The molecule has 0 bridgehead atoms. The zero-order valence-electron chi connectivity index (χ0n) is 13.8. The van der Waals surface area contributed by atoms with Gasteiger partial charge in [0.25, 0.3) is 0 Å². The standard InChI is InChI=1S/C14H25F3N4O2.HI/c1-2-23-13(22)21-9-5-11(6-10-21)20-12(18)19-8-4-3-7-14(15,16)17;/h11H,2-10H2,1H3,(H3,18,19,20);1H. The molecular formula is C14H26F3IN4O2. The minimum atomic E-state index is -4.11. The lowest BCUT2D eigenvalue weighted by Gasteiger charge is -2.31. The van der Waals surface area contributed by atoms with Crippen molar-refractivity contribution in [3.8, 4) is 0 Å². The van der Waals surface area contributed by atoms with Crippen molar-refractivity contribution < 1.29 is 22.7 Å². The molecule has 0 aromatic heterocycles. The lowest BCUT2D eigenvalue weighted by molar-refractivity contribution is -0.135. The van der Waals surface area contributed by atoms with Crippen LogP contribution < -0.4 is 11.1 Å². The van der Waals surface area contributed by atoms with Gasteiger partial charge < -0.3 is 20.7 Å². The van der Waals surface area contributed by atoms with Crippen molar-refractivity contribution in [2.45, 2.75) is 51.2 Å². The number of hydrogen-bond donors (Lipinski definition) is 2. The molecule has 0 atom stereocenters. The van der Waals surface area contributed by atoms with E-state index in [2.05, 4.69) is 10.3 Å². The fraction of sp³-hybridized carbons (Fsp3) is 0.857. The van der Waals surface area contributed by atoms with Crippen molar-refractivity contribution in [1.82, 2.24) is 10.2 Å². The van der Waals surface area contributed by atoms with E-state index in [1.54, 1.807) is 11.8 Å². The average Bonchev–Trinajstić information content (AvgIpc) is 2.46. The second-order valence-corrected chi connectivity index (χ2v) is 5.44. The molecule has 0 unspecified atom stereocenters. The minimum Gasteiger partial charge on any atom is -0.450 e. The molecule has 0 aliphatic carbocycles. The van der Waals surface area contributed by atoms with Crippen LogP contribution in [0.5, 0.6) is 0 Å². The van der Waals surface area contributed by atoms with Crippen LogP contribution in [0.2, 0.25) is 0 Å². The summed E-state index contributed by atoms with van der Waals surface area (Å²) in [6.45, 7) is 3.55. The molecule has 1 fully saturated rings. The Morgan fingerprint density at radius 1 is 1.33 bits per heavy atom. The number of guanidine groups is 1. The largest absolute Gasteiger partial charge is 0.450 e. The Hall–Kier alpha value is -0.940. The van der Waals surface area contributed by atoms with Gasteiger partial charge in [0.15, 0.2) is 5.96 Å². The van der Waals surface area contributed by atoms with E-state index in [9.17, 15) is 18.0 Å². The van der Waals surface area contributed by atoms with Gasteiger partial charge in [-0.3, -0.25) is 4.99 Å². The van der Waals surface area contributed by atoms with E-state index in [4.69, 9.17) is 10.5 Å². The van der Waals surface area contributed by atoms with E-state index >= 15 is 0 Å². The molecule has 142 valence electrons. The van der Waals surface area contributed by atoms with Crippen LogP contribution in [0.4, 0.5) is 18.0 Å². The van der Waals surface area contributed by atoms with Gasteiger partial charge in [-0.15, -0.1) is 24.0 Å². The molecule has 24 heavy (non-hydrogen) atoms. The van der Waals surface area contributed by atoms with Crippen molar-refractivity contribution in [3.63, 3.8) is 0 Å². The molecule has 1 aliphatic rings. The topological polar surface area (TPSA) is 80.0 Å². The van der Waals surface area contributed by atoms with E-state index in [-0.39, 0.29) is 55.0 Å². The SMILES string of the molecule is CCOC(=O)N1CCC(NC(N)=NCCCCC(F)(F)F)CC1.I. The molecule has 3 N–H and O–H groups in total. The number of halogens is 4. The summed E-state index contributed by atoms with van der Waals surface area (Å²) in [6.07, 6.45) is -3.35. The number of hydrogen-bond acceptors (Lipinski definition) is 3. The maximum absolute atomic E-state index is 12.0. The third kappa shape index (κ3) is 10.0. The maximum Gasteiger partial charge on any atom is 0.409 e. The zero-order valence-corrected chi connectivity index (χ0v) is 16.1. The number of unbranched alkanes of at least 4 members (excludes halogenated alkanes) is 1. The zero-order chi connectivity index (χ0) is 17.3. The predicted molar refractivity (Wildman–Crippen MR) is 96.6 cm³/mol. The molecule has 1 heterocycles. The molecule has 0 saturated carbocycles. The van der Waals surface area contributed by atoms with Crippen molar-refractivity contribution >= 4 is 36.0 Å². The number of carbonyl (C=O) groups excluding carboxylic acids is 1. The summed E-state index contributed by atoms with van der Waals surface area (Å²) in [4.78, 5) is 17.2. The smallest absolute Gasteiger partial charge is 0.409 e. The van der Waals surface area contributed by atoms with Crippen LogP contribution in [0.25, 0.3) is 0 Å². The summed E-state index contributed by atoms with van der Waals surface area (Å²) in [5.41, 5.74) is 5.73. The molecule has 1 saturated heterocycles. The number of amides is 1. The highest BCUT2D eigenvalue weighted by Crippen LogP contribution is 2.22. The third-order valence-electron chi connectivity index (χ3n) is 3.52. The predicted octanol–water partition coefficient (Wildman–Crippen LogP) is 2.86. The number of nitrogens with one attached hydrogen (secondary N) is 1. The van der Waals surface area contributed by atoms with Crippen molar-refractivity contribution in [3.05, 3.63) is 0 Å². The van der Waals surface area contributed by atoms with Gasteiger partial charge in [0, 0.05) is 32.1 Å². The second-order valence-electron chi connectivity index (χ2n) is 5.44. The van der Waals surface area contributed by atoms with E-state index in [1.165, 1.54) is 0 Å². The number of carbonyl (C=O) groups is 1.